The van der Waals surface area contributed by atoms with Gasteiger partial charge in [0, 0.05) is 11.9 Å². The number of hydrogen-bond acceptors (Lipinski definition) is 4. The first kappa shape index (κ1) is 18.1. The summed E-state index contributed by atoms with van der Waals surface area (Å²) < 4.78 is 2.64. The Kier molecular flexibility index (Phi) is 4.64. The Morgan fingerprint density at radius 1 is 1.17 bits per heavy atom. The Hall–Kier alpha value is -2.99. The average Bonchev–Trinajstić information content (AvgIpc) is 3.41. The Bertz CT molecular complexity index is 1210. The summed E-state index contributed by atoms with van der Waals surface area (Å²) in [6.07, 6.45) is 5.41. The van der Waals surface area contributed by atoms with Crippen LogP contribution in [0.25, 0.3) is 15.3 Å². The Morgan fingerprint density at radius 2 is 1.90 bits per heavy atom. The number of rotatable bonds is 5. The first-order valence-electron chi connectivity index (χ1n) is 10.0. The number of para-hydroxylation sites is 1. The fraction of sp³-hybridized carbons (Fsp3) is 0.261. The van der Waals surface area contributed by atoms with Crippen LogP contribution in [-0.4, -0.2) is 27.0 Å². The number of thiazole rings is 1. The van der Waals surface area contributed by atoms with E-state index >= 15 is 0 Å². The van der Waals surface area contributed by atoms with Crippen LogP contribution in [0.1, 0.15) is 35.7 Å². The molecule has 1 aliphatic rings. The molecule has 29 heavy (non-hydrogen) atoms. The van der Waals surface area contributed by atoms with Crippen LogP contribution in [0, 0.1) is 0 Å². The zero-order valence-electron chi connectivity index (χ0n) is 16.3. The second kappa shape index (κ2) is 7.44. The first-order chi connectivity index (χ1) is 14.2. The van der Waals surface area contributed by atoms with Crippen molar-refractivity contribution >= 4 is 27.8 Å². The van der Waals surface area contributed by atoms with Gasteiger partial charge in [0.15, 0.2) is 0 Å². The van der Waals surface area contributed by atoms with Crippen molar-refractivity contribution in [3.63, 3.8) is 0 Å². The number of aromatic nitrogens is 3. The highest BCUT2D eigenvalue weighted by molar-refractivity contribution is 7.20. The van der Waals surface area contributed by atoms with Gasteiger partial charge in [0.25, 0.3) is 5.56 Å². The summed E-state index contributed by atoms with van der Waals surface area (Å²) in [5.74, 6) is 0. The number of nitrogens with one attached hydrogen (secondary N) is 1. The van der Waals surface area contributed by atoms with Crippen LogP contribution >= 0.6 is 11.3 Å². The molecule has 0 saturated carbocycles. The summed E-state index contributed by atoms with van der Waals surface area (Å²) in [7, 11) is 0. The highest BCUT2D eigenvalue weighted by Crippen LogP contribution is 2.25. The van der Waals surface area contributed by atoms with Crippen molar-refractivity contribution in [2.75, 3.05) is 0 Å². The maximum Gasteiger partial charge on any atom is 0.282 e. The summed E-state index contributed by atoms with van der Waals surface area (Å²) in [5, 5.41) is 3.95. The van der Waals surface area contributed by atoms with Gasteiger partial charge >= 0.3 is 0 Å². The average molecular weight is 403 g/mol. The monoisotopic (exact) mass is 402 g/mol. The van der Waals surface area contributed by atoms with E-state index in [2.05, 4.69) is 41.3 Å². The van der Waals surface area contributed by atoms with Crippen molar-refractivity contribution in [2.24, 2.45) is 4.99 Å². The minimum Gasteiger partial charge on any atom is -0.292 e. The quantitative estimate of drug-likeness (QED) is 0.506. The van der Waals surface area contributed by atoms with E-state index in [9.17, 15) is 4.79 Å². The van der Waals surface area contributed by atoms with Crippen molar-refractivity contribution in [3.05, 3.63) is 81.3 Å². The van der Waals surface area contributed by atoms with Gasteiger partial charge in [-0.1, -0.05) is 61.1 Å². The number of aromatic amines is 1. The van der Waals surface area contributed by atoms with Crippen LogP contribution in [0.4, 0.5) is 0 Å². The second-order valence-corrected chi connectivity index (χ2v) is 8.48. The largest absolute Gasteiger partial charge is 0.292 e. The number of fused-ring (bicyclic) bond motifs is 2. The zero-order chi connectivity index (χ0) is 19.8. The lowest BCUT2D eigenvalue weighted by molar-refractivity contribution is 0.727. The third-order valence-electron chi connectivity index (χ3n) is 5.42. The van der Waals surface area contributed by atoms with Gasteiger partial charge in [0.2, 0.25) is 5.13 Å². The standard InChI is InChI=1S/C23H22N4OS/c1-2-7-19-18(14-24-17-12-15-8-3-4-9-16(15)13-17)22(28)27(26-19)23-25-20-10-5-6-11-21(20)29-23/h3-6,8-11,14,17,26H,2,7,12-13H2,1H3. The van der Waals surface area contributed by atoms with Crippen LogP contribution < -0.4 is 5.56 Å². The summed E-state index contributed by atoms with van der Waals surface area (Å²) in [6.45, 7) is 2.11. The molecule has 1 aliphatic carbocycles. The zero-order valence-corrected chi connectivity index (χ0v) is 17.1. The van der Waals surface area contributed by atoms with Crippen LogP contribution in [0.15, 0.2) is 58.3 Å². The minimum atomic E-state index is -0.0771. The molecule has 0 radical (unpaired) electrons. The van der Waals surface area contributed by atoms with Gasteiger partial charge in [-0.3, -0.25) is 14.9 Å². The lowest BCUT2D eigenvalue weighted by Gasteiger charge is -2.01. The molecule has 1 N–H and O–H groups in total. The molecule has 2 heterocycles. The van der Waals surface area contributed by atoms with E-state index in [1.54, 1.807) is 10.9 Å². The molecule has 0 unspecified atom stereocenters. The van der Waals surface area contributed by atoms with Crippen LogP contribution in [0.2, 0.25) is 0 Å². The summed E-state index contributed by atoms with van der Waals surface area (Å²) in [6, 6.07) is 16.6. The number of benzene rings is 2. The smallest absolute Gasteiger partial charge is 0.282 e. The number of aryl methyl sites for hydroxylation is 1. The molecule has 146 valence electrons. The van der Waals surface area contributed by atoms with Crippen molar-refractivity contribution in [2.45, 2.75) is 38.6 Å². The highest BCUT2D eigenvalue weighted by Gasteiger charge is 2.21. The first-order valence-corrected chi connectivity index (χ1v) is 10.8. The SMILES string of the molecule is CCCc1[nH]n(-c2nc3ccccc3s2)c(=O)c1C=NC1Cc2ccccc2C1. The Balaban J connectivity index is 1.49. The molecule has 2 aromatic heterocycles. The molecular formula is C23H22N4OS. The molecule has 4 aromatic rings. The van der Waals surface area contributed by atoms with Gasteiger partial charge in [-0.05, 0) is 42.5 Å². The second-order valence-electron chi connectivity index (χ2n) is 7.47. The molecule has 0 atom stereocenters. The van der Waals surface area contributed by atoms with E-state index in [1.807, 2.05) is 24.3 Å². The normalized spacial score (nSPS) is 14.2. The molecule has 0 spiro atoms. The van der Waals surface area contributed by atoms with Crippen molar-refractivity contribution < 1.29 is 0 Å². The molecule has 0 fully saturated rings. The predicted octanol–water partition coefficient (Wildman–Crippen LogP) is 4.31. The van der Waals surface area contributed by atoms with Gasteiger partial charge in [0.1, 0.15) is 0 Å². The van der Waals surface area contributed by atoms with E-state index in [4.69, 9.17) is 4.99 Å². The lowest BCUT2D eigenvalue weighted by Crippen LogP contribution is -2.17. The highest BCUT2D eigenvalue weighted by atomic mass is 32.1. The van der Waals surface area contributed by atoms with Crippen molar-refractivity contribution in [1.29, 1.82) is 0 Å². The van der Waals surface area contributed by atoms with E-state index < -0.39 is 0 Å². The third-order valence-corrected chi connectivity index (χ3v) is 6.44. The number of hydrogen-bond donors (Lipinski definition) is 1. The molecule has 5 rings (SSSR count). The van der Waals surface area contributed by atoms with Gasteiger partial charge in [-0.25, -0.2) is 4.98 Å². The summed E-state index contributed by atoms with van der Waals surface area (Å²) >= 11 is 1.52. The number of H-pyrrole nitrogens is 1. The topological polar surface area (TPSA) is 63.0 Å². The maximum absolute atomic E-state index is 13.2. The lowest BCUT2D eigenvalue weighted by atomic mass is 10.1. The van der Waals surface area contributed by atoms with Crippen molar-refractivity contribution in [1.82, 2.24) is 14.8 Å². The maximum atomic E-state index is 13.2. The van der Waals surface area contributed by atoms with Crippen molar-refractivity contribution in [3.8, 4) is 5.13 Å². The summed E-state index contributed by atoms with van der Waals surface area (Å²) in [4.78, 5) is 22.6. The Labute approximate surface area is 172 Å². The van der Waals surface area contributed by atoms with E-state index in [0.29, 0.717) is 10.7 Å². The van der Waals surface area contributed by atoms with Crippen LogP contribution in [0.5, 0.6) is 0 Å². The fourth-order valence-electron chi connectivity index (χ4n) is 3.98. The number of aliphatic imine (C=N–C) groups is 1. The van der Waals surface area contributed by atoms with E-state index in [0.717, 1.165) is 41.6 Å². The number of nitrogens with zero attached hydrogens (tertiary/aromatic N) is 3. The van der Waals surface area contributed by atoms with Gasteiger partial charge in [0.05, 0.1) is 21.8 Å². The Morgan fingerprint density at radius 3 is 2.62 bits per heavy atom. The van der Waals surface area contributed by atoms with Gasteiger partial charge in [-0.15, -0.1) is 0 Å². The third kappa shape index (κ3) is 3.34. The molecule has 2 aromatic carbocycles. The molecule has 0 bridgehead atoms. The fourth-order valence-corrected chi connectivity index (χ4v) is 4.91. The van der Waals surface area contributed by atoms with Crippen LogP contribution in [-0.2, 0) is 19.3 Å². The van der Waals surface area contributed by atoms with Gasteiger partial charge in [-0.2, -0.15) is 4.68 Å². The summed E-state index contributed by atoms with van der Waals surface area (Å²) in [5.41, 5.74) is 5.14. The molecule has 0 saturated heterocycles. The minimum absolute atomic E-state index is 0.0771. The van der Waals surface area contributed by atoms with E-state index in [1.165, 1.54) is 22.5 Å². The molecule has 6 heteroatoms. The van der Waals surface area contributed by atoms with Gasteiger partial charge < -0.3 is 0 Å². The molecule has 5 nitrogen and oxygen atoms in total. The van der Waals surface area contributed by atoms with Crippen LogP contribution in [0.3, 0.4) is 0 Å². The van der Waals surface area contributed by atoms with E-state index in [-0.39, 0.29) is 11.6 Å². The predicted molar refractivity (Wildman–Crippen MR) is 119 cm³/mol. The molecule has 0 amide bonds. The molecule has 0 aliphatic heterocycles. The molecular weight excluding hydrogens is 380 g/mol.